The Kier molecular flexibility index (Phi) is 3.99. The van der Waals surface area contributed by atoms with Crippen molar-refractivity contribution in [3.8, 4) is 5.75 Å². The molecular formula is C15H20N2O2S. The summed E-state index contributed by atoms with van der Waals surface area (Å²) in [4.78, 5) is 14.8. The van der Waals surface area contributed by atoms with E-state index in [9.17, 15) is 9.90 Å². The molecule has 1 saturated heterocycles. The number of hydrogen-bond donors (Lipinski definition) is 2. The Bertz CT molecular complexity index is 549. The van der Waals surface area contributed by atoms with Crippen LogP contribution in [0.5, 0.6) is 5.75 Å². The number of amides is 1. The fraction of sp³-hybridized carbons (Fsp3) is 0.467. The van der Waals surface area contributed by atoms with Crippen LogP contribution in [-0.2, 0) is 0 Å². The van der Waals surface area contributed by atoms with Gasteiger partial charge in [0.25, 0.3) is 5.91 Å². The van der Waals surface area contributed by atoms with Gasteiger partial charge in [-0.05, 0) is 43.5 Å². The molecule has 0 aromatic heterocycles. The van der Waals surface area contributed by atoms with Gasteiger partial charge in [0, 0.05) is 24.1 Å². The number of phenols is 1. The van der Waals surface area contributed by atoms with E-state index in [1.165, 1.54) is 0 Å². The van der Waals surface area contributed by atoms with Crippen molar-refractivity contribution in [3.05, 3.63) is 29.3 Å². The lowest BCUT2D eigenvalue weighted by Crippen LogP contribution is -2.46. The number of nitrogens with two attached hydrogens (primary N) is 1. The lowest BCUT2D eigenvalue weighted by Gasteiger charge is -2.38. The first kappa shape index (κ1) is 14.8. The smallest absolute Gasteiger partial charge is 0.253 e. The molecule has 0 atom stereocenters. The standard InChI is InChI=1S/C15H20N2O2S/c1-10-9-11(3-4-12(10)18)13(19)17-7-5-15(2,6-8-17)14(16)20/h3-4,9,18H,5-8H2,1-2H3,(H2,16,20). The molecule has 1 amide bonds. The van der Waals surface area contributed by atoms with E-state index in [0.29, 0.717) is 29.2 Å². The van der Waals surface area contributed by atoms with Gasteiger partial charge in [-0.2, -0.15) is 0 Å². The van der Waals surface area contributed by atoms with Crippen molar-refractivity contribution >= 4 is 23.1 Å². The quantitative estimate of drug-likeness (QED) is 0.820. The van der Waals surface area contributed by atoms with E-state index >= 15 is 0 Å². The van der Waals surface area contributed by atoms with Gasteiger partial charge in [0.2, 0.25) is 0 Å². The number of carbonyl (C=O) groups is 1. The maximum atomic E-state index is 12.4. The summed E-state index contributed by atoms with van der Waals surface area (Å²) in [6, 6.07) is 4.94. The van der Waals surface area contributed by atoms with Crippen LogP contribution in [0, 0.1) is 12.3 Å². The molecule has 3 N–H and O–H groups in total. The minimum Gasteiger partial charge on any atom is -0.508 e. The first-order valence-electron chi connectivity index (χ1n) is 6.72. The summed E-state index contributed by atoms with van der Waals surface area (Å²) in [5.41, 5.74) is 6.95. The molecule has 2 rings (SSSR count). The summed E-state index contributed by atoms with van der Waals surface area (Å²) in [6.07, 6.45) is 1.59. The first-order chi connectivity index (χ1) is 9.33. The molecule has 1 heterocycles. The SMILES string of the molecule is Cc1cc(C(=O)N2CCC(C)(C(N)=S)CC2)ccc1O. The molecule has 0 bridgehead atoms. The van der Waals surface area contributed by atoms with Crippen LogP contribution in [0.15, 0.2) is 18.2 Å². The molecule has 108 valence electrons. The van der Waals surface area contributed by atoms with Crippen molar-refractivity contribution in [1.29, 1.82) is 0 Å². The maximum absolute atomic E-state index is 12.4. The Morgan fingerprint density at radius 1 is 1.40 bits per heavy atom. The van der Waals surface area contributed by atoms with E-state index in [-0.39, 0.29) is 17.1 Å². The summed E-state index contributed by atoms with van der Waals surface area (Å²) < 4.78 is 0. The van der Waals surface area contributed by atoms with E-state index in [1.54, 1.807) is 25.1 Å². The second-order valence-corrected chi connectivity index (χ2v) is 6.16. The first-order valence-corrected chi connectivity index (χ1v) is 7.13. The average molecular weight is 292 g/mol. The molecule has 1 aromatic rings. The molecule has 0 radical (unpaired) electrons. The zero-order valence-electron chi connectivity index (χ0n) is 11.8. The second-order valence-electron chi connectivity index (χ2n) is 5.72. The monoisotopic (exact) mass is 292 g/mol. The van der Waals surface area contributed by atoms with Gasteiger partial charge in [0.15, 0.2) is 0 Å². The Hall–Kier alpha value is -1.62. The van der Waals surface area contributed by atoms with Crippen molar-refractivity contribution in [2.45, 2.75) is 26.7 Å². The third-order valence-electron chi connectivity index (χ3n) is 4.19. The summed E-state index contributed by atoms with van der Waals surface area (Å²) >= 11 is 5.10. The van der Waals surface area contributed by atoms with Crippen LogP contribution in [0.2, 0.25) is 0 Å². The number of benzene rings is 1. The highest BCUT2D eigenvalue weighted by molar-refractivity contribution is 7.80. The number of phenolic OH excluding ortho intramolecular Hbond substituents is 1. The fourth-order valence-electron chi connectivity index (χ4n) is 2.42. The number of piperidine rings is 1. The average Bonchev–Trinajstić information content (AvgIpc) is 2.42. The molecule has 4 nitrogen and oxygen atoms in total. The van der Waals surface area contributed by atoms with Gasteiger partial charge in [-0.1, -0.05) is 19.1 Å². The maximum Gasteiger partial charge on any atom is 0.253 e. The molecule has 0 saturated carbocycles. The van der Waals surface area contributed by atoms with Crippen molar-refractivity contribution < 1.29 is 9.90 Å². The van der Waals surface area contributed by atoms with Crippen LogP contribution in [0.25, 0.3) is 0 Å². The van der Waals surface area contributed by atoms with Crippen molar-refractivity contribution in [3.63, 3.8) is 0 Å². The summed E-state index contributed by atoms with van der Waals surface area (Å²) in [5, 5.41) is 9.51. The van der Waals surface area contributed by atoms with E-state index < -0.39 is 0 Å². The number of hydrogen-bond acceptors (Lipinski definition) is 3. The largest absolute Gasteiger partial charge is 0.508 e. The second kappa shape index (κ2) is 5.40. The molecule has 0 unspecified atom stereocenters. The number of carbonyl (C=O) groups excluding carboxylic acids is 1. The number of likely N-dealkylation sites (tertiary alicyclic amines) is 1. The zero-order valence-corrected chi connectivity index (χ0v) is 12.7. The predicted molar refractivity (Wildman–Crippen MR) is 82.9 cm³/mol. The third kappa shape index (κ3) is 2.77. The zero-order chi connectivity index (χ0) is 14.9. The predicted octanol–water partition coefficient (Wildman–Crippen LogP) is 2.23. The number of nitrogens with zero attached hydrogens (tertiary/aromatic N) is 1. The van der Waals surface area contributed by atoms with Gasteiger partial charge in [-0.15, -0.1) is 0 Å². The molecule has 5 heteroatoms. The van der Waals surface area contributed by atoms with Gasteiger partial charge in [0.1, 0.15) is 5.75 Å². The minimum absolute atomic E-state index is 0.00177. The van der Waals surface area contributed by atoms with E-state index in [2.05, 4.69) is 6.92 Å². The van der Waals surface area contributed by atoms with Crippen LogP contribution in [0.3, 0.4) is 0 Å². The Labute approximate surface area is 124 Å². The summed E-state index contributed by atoms with van der Waals surface area (Å²) in [5.74, 6) is 0.208. The molecule has 20 heavy (non-hydrogen) atoms. The topological polar surface area (TPSA) is 66.6 Å². The normalized spacial score (nSPS) is 17.8. The highest BCUT2D eigenvalue weighted by Crippen LogP contribution is 2.32. The third-order valence-corrected chi connectivity index (χ3v) is 4.69. The number of aromatic hydroxyl groups is 1. The summed E-state index contributed by atoms with van der Waals surface area (Å²) in [6.45, 7) is 5.16. The lowest BCUT2D eigenvalue weighted by atomic mass is 9.80. The van der Waals surface area contributed by atoms with Crippen LogP contribution >= 0.6 is 12.2 Å². The molecule has 0 spiro atoms. The number of rotatable bonds is 2. The van der Waals surface area contributed by atoms with Gasteiger partial charge in [-0.25, -0.2) is 0 Å². The Morgan fingerprint density at radius 3 is 2.50 bits per heavy atom. The van der Waals surface area contributed by atoms with E-state index in [0.717, 1.165) is 12.8 Å². The Morgan fingerprint density at radius 2 is 2.00 bits per heavy atom. The lowest BCUT2D eigenvalue weighted by molar-refractivity contribution is 0.0670. The van der Waals surface area contributed by atoms with Gasteiger partial charge in [0.05, 0.1) is 4.99 Å². The molecule has 1 fully saturated rings. The molecule has 1 aliphatic rings. The molecule has 1 aliphatic heterocycles. The number of thiocarbonyl (C=S) groups is 1. The highest BCUT2D eigenvalue weighted by Gasteiger charge is 2.34. The van der Waals surface area contributed by atoms with E-state index in [4.69, 9.17) is 18.0 Å². The van der Waals surface area contributed by atoms with Crippen molar-refractivity contribution in [2.24, 2.45) is 11.1 Å². The molecular weight excluding hydrogens is 272 g/mol. The fourth-order valence-corrected chi connectivity index (χ4v) is 2.62. The van der Waals surface area contributed by atoms with Gasteiger partial charge >= 0.3 is 0 Å². The van der Waals surface area contributed by atoms with Crippen LogP contribution < -0.4 is 5.73 Å². The van der Waals surface area contributed by atoms with Crippen molar-refractivity contribution in [2.75, 3.05) is 13.1 Å². The van der Waals surface area contributed by atoms with Crippen LogP contribution in [0.4, 0.5) is 0 Å². The van der Waals surface area contributed by atoms with E-state index in [1.807, 2.05) is 4.90 Å². The molecule has 0 aliphatic carbocycles. The summed E-state index contributed by atoms with van der Waals surface area (Å²) in [7, 11) is 0. The van der Waals surface area contributed by atoms with Crippen LogP contribution in [0.1, 0.15) is 35.7 Å². The Balaban J connectivity index is 2.08. The number of aryl methyl sites for hydroxylation is 1. The van der Waals surface area contributed by atoms with Crippen LogP contribution in [-0.4, -0.2) is 34.0 Å². The van der Waals surface area contributed by atoms with Gasteiger partial charge in [-0.3, -0.25) is 4.79 Å². The van der Waals surface area contributed by atoms with Crippen molar-refractivity contribution in [1.82, 2.24) is 4.90 Å². The highest BCUT2D eigenvalue weighted by atomic mass is 32.1. The van der Waals surface area contributed by atoms with Gasteiger partial charge < -0.3 is 15.7 Å². The molecule has 1 aromatic carbocycles. The minimum atomic E-state index is -0.142.